The zero-order chi connectivity index (χ0) is 15.2. The van der Waals surface area contributed by atoms with E-state index in [-0.39, 0.29) is 6.54 Å². The molecule has 0 saturated heterocycles. The van der Waals surface area contributed by atoms with E-state index in [1.165, 1.54) is 18.3 Å². The van der Waals surface area contributed by atoms with E-state index in [0.29, 0.717) is 6.54 Å². The minimum atomic E-state index is -3.58. The summed E-state index contributed by atoms with van der Waals surface area (Å²) in [5.74, 6) is 5.64. The van der Waals surface area contributed by atoms with Crippen LogP contribution in [0, 0.1) is 23.2 Å². The van der Waals surface area contributed by atoms with E-state index in [9.17, 15) is 8.42 Å². The summed E-state index contributed by atoms with van der Waals surface area (Å²) in [6.45, 7) is 1.89. The topological polar surface area (TPSA) is 87.2 Å². The maximum atomic E-state index is 11.9. The van der Waals surface area contributed by atoms with Gasteiger partial charge in [-0.2, -0.15) is 9.57 Å². The van der Waals surface area contributed by atoms with Gasteiger partial charge in [0.25, 0.3) is 0 Å². The van der Waals surface area contributed by atoms with Crippen molar-refractivity contribution >= 4 is 10.0 Å². The molecule has 1 unspecified atom stereocenters. The number of benzene rings is 1. The van der Waals surface area contributed by atoms with Crippen molar-refractivity contribution in [3.8, 4) is 17.9 Å². The summed E-state index contributed by atoms with van der Waals surface area (Å²) < 4.78 is 25.1. The van der Waals surface area contributed by atoms with Gasteiger partial charge < -0.3 is 5.73 Å². The lowest BCUT2D eigenvalue weighted by Crippen LogP contribution is -2.33. The molecule has 0 aromatic heterocycles. The molecule has 20 heavy (non-hydrogen) atoms. The van der Waals surface area contributed by atoms with Crippen LogP contribution in [0.15, 0.2) is 24.3 Å². The Labute approximate surface area is 120 Å². The van der Waals surface area contributed by atoms with Gasteiger partial charge in [-0.25, -0.2) is 8.42 Å². The van der Waals surface area contributed by atoms with Gasteiger partial charge in [0.2, 0.25) is 10.0 Å². The zero-order valence-electron chi connectivity index (χ0n) is 11.5. The predicted molar refractivity (Wildman–Crippen MR) is 77.8 cm³/mol. The zero-order valence-corrected chi connectivity index (χ0v) is 12.3. The van der Waals surface area contributed by atoms with E-state index in [0.717, 1.165) is 11.1 Å². The van der Waals surface area contributed by atoms with E-state index < -0.39 is 15.3 Å². The molecule has 0 fully saturated rings. The van der Waals surface area contributed by atoms with Crippen molar-refractivity contribution < 1.29 is 8.42 Å². The standard InChI is InChI=1S/C14H17N3O2S/c1-12(10-16)20(18,19)17(2)11-14-7-5-13(6-8-14)4-3-9-15/h5-8,12H,9,11,15H2,1-2H3. The summed E-state index contributed by atoms with van der Waals surface area (Å²) in [5, 5.41) is 7.67. The second-order valence-corrected chi connectivity index (χ2v) is 6.64. The second kappa shape index (κ2) is 7.06. The van der Waals surface area contributed by atoms with Gasteiger partial charge in [0.15, 0.2) is 5.25 Å². The minimum absolute atomic E-state index is 0.221. The van der Waals surface area contributed by atoms with Crippen molar-refractivity contribution in [2.45, 2.75) is 18.7 Å². The maximum Gasteiger partial charge on any atom is 0.230 e. The number of hydrogen-bond acceptors (Lipinski definition) is 4. The molecule has 106 valence electrons. The van der Waals surface area contributed by atoms with E-state index in [1.807, 2.05) is 24.3 Å². The van der Waals surface area contributed by atoms with Gasteiger partial charge in [-0.15, -0.1) is 0 Å². The van der Waals surface area contributed by atoms with Crippen LogP contribution in [-0.4, -0.2) is 31.6 Å². The first-order valence-electron chi connectivity index (χ1n) is 6.04. The predicted octanol–water partition coefficient (Wildman–Crippen LogP) is 0.670. The van der Waals surface area contributed by atoms with Gasteiger partial charge in [-0.05, 0) is 24.6 Å². The molecule has 5 nitrogen and oxygen atoms in total. The summed E-state index contributed by atoms with van der Waals surface area (Å²) in [5.41, 5.74) is 6.95. The number of nitrogens with zero attached hydrogens (tertiary/aromatic N) is 2. The molecule has 0 bridgehead atoms. The minimum Gasteiger partial charge on any atom is -0.320 e. The molecule has 0 spiro atoms. The lowest BCUT2D eigenvalue weighted by atomic mass is 10.1. The summed E-state index contributed by atoms with van der Waals surface area (Å²) >= 11 is 0. The molecule has 0 aliphatic carbocycles. The van der Waals surface area contributed by atoms with Crippen molar-refractivity contribution in [3.63, 3.8) is 0 Å². The van der Waals surface area contributed by atoms with Crippen LogP contribution in [0.3, 0.4) is 0 Å². The van der Waals surface area contributed by atoms with E-state index >= 15 is 0 Å². The molecule has 0 heterocycles. The van der Waals surface area contributed by atoms with Crippen LogP contribution in [0.5, 0.6) is 0 Å². The number of rotatable bonds is 4. The Morgan fingerprint density at radius 3 is 2.45 bits per heavy atom. The Balaban J connectivity index is 2.82. The van der Waals surface area contributed by atoms with Crippen LogP contribution in [0.4, 0.5) is 0 Å². The fraction of sp³-hybridized carbons (Fsp3) is 0.357. The number of sulfonamides is 1. The molecule has 0 aliphatic rings. The van der Waals surface area contributed by atoms with E-state index in [1.54, 1.807) is 6.07 Å². The fourth-order valence-corrected chi connectivity index (χ4v) is 2.53. The molecule has 1 aromatic rings. The van der Waals surface area contributed by atoms with Crippen LogP contribution in [-0.2, 0) is 16.6 Å². The Hall–Kier alpha value is -1.86. The molecule has 0 aliphatic heterocycles. The van der Waals surface area contributed by atoms with Crippen LogP contribution in [0.1, 0.15) is 18.1 Å². The normalized spacial score (nSPS) is 12.3. The van der Waals surface area contributed by atoms with E-state index in [2.05, 4.69) is 11.8 Å². The summed E-state index contributed by atoms with van der Waals surface area (Å²) in [4.78, 5) is 0. The highest BCUT2D eigenvalue weighted by Gasteiger charge is 2.25. The lowest BCUT2D eigenvalue weighted by molar-refractivity contribution is 0.463. The van der Waals surface area contributed by atoms with E-state index in [4.69, 9.17) is 11.0 Å². The van der Waals surface area contributed by atoms with Crippen molar-refractivity contribution in [1.29, 1.82) is 5.26 Å². The van der Waals surface area contributed by atoms with Gasteiger partial charge >= 0.3 is 0 Å². The van der Waals surface area contributed by atoms with Crippen LogP contribution in [0.25, 0.3) is 0 Å². The fourth-order valence-electron chi connectivity index (χ4n) is 1.53. The highest BCUT2D eigenvalue weighted by Crippen LogP contribution is 2.12. The first-order chi connectivity index (χ1) is 9.41. The smallest absolute Gasteiger partial charge is 0.230 e. The molecule has 1 aromatic carbocycles. The lowest BCUT2D eigenvalue weighted by Gasteiger charge is -2.18. The molecule has 6 heteroatoms. The molecule has 2 N–H and O–H groups in total. The van der Waals surface area contributed by atoms with Gasteiger partial charge in [0.05, 0.1) is 12.6 Å². The Kier molecular flexibility index (Phi) is 5.72. The Morgan fingerprint density at radius 2 is 1.95 bits per heavy atom. The molecule has 1 atom stereocenters. The number of nitriles is 1. The van der Waals surface area contributed by atoms with Crippen LogP contribution in [0.2, 0.25) is 0 Å². The van der Waals surface area contributed by atoms with Gasteiger partial charge in [0, 0.05) is 19.2 Å². The third kappa shape index (κ3) is 4.07. The quantitative estimate of drug-likeness (QED) is 0.826. The third-order valence-corrected chi connectivity index (χ3v) is 4.75. The number of hydrogen-bond donors (Lipinski definition) is 1. The monoisotopic (exact) mass is 291 g/mol. The largest absolute Gasteiger partial charge is 0.320 e. The molecular formula is C14H17N3O2S. The average molecular weight is 291 g/mol. The highest BCUT2D eigenvalue weighted by molar-refractivity contribution is 7.89. The van der Waals surface area contributed by atoms with Gasteiger partial charge in [-0.3, -0.25) is 0 Å². The molecule has 0 saturated carbocycles. The van der Waals surface area contributed by atoms with Crippen molar-refractivity contribution in [1.82, 2.24) is 4.31 Å². The first-order valence-corrected chi connectivity index (χ1v) is 7.54. The van der Waals surface area contributed by atoms with Crippen molar-refractivity contribution in [2.75, 3.05) is 13.6 Å². The molecular weight excluding hydrogens is 274 g/mol. The molecule has 0 amide bonds. The Morgan fingerprint density at radius 1 is 1.35 bits per heavy atom. The molecule has 1 rings (SSSR count). The summed E-state index contributed by atoms with van der Waals surface area (Å²) in [6.07, 6.45) is 0. The summed E-state index contributed by atoms with van der Waals surface area (Å²) in [6, 6.07) is 8.99. The van der Waals surface area contributed by atoms with Crippen molar-refractivity contribution in [2.24, 2.45) is 5.73 Å². The first kappa shape index (κ1) is 16.2. The second-order valence-electron chi connectivity index (χ2n) is 4.28. The average Bonchev–Trinajstić information content (AvgIpc) is 2.45. The van der Waals surface area contributed by atoms with Crippen molar-refractivity contribution in [3.05, 3.63) is 35.4 Å². The SMILES string of the molecule is CC(C#N)S(=O)(=O)N(C)Cc1ccc(C#CCN)cc1. The maximum absolute atomic E-state index is 11.9. The summed E-state index contributed by atoms with van der Waals surface area (Å²) in [7, 11) is -2.12. The molecule has 0 radical (unpaired) electrons. The van der Waals surface area contributed by atoms with Gasteiger partial charge in [0.1, 0.15) is 0 Å². The van der Waals surface area contributed by atoms with Gasteiger partial charge in [-0.1, -0.05) is 24.0 Å². The Bertz CT molecular complexity index is 648. The third-order valence-electron chi connectivity index (χ3n) is 2.76. The van der Waals surface area contributed by atoms with Crippen LogP contribution < -0.4 is 5.73 Å². The number of nitrogens with two attached hydrogens (primary N) is 1. The highest BCUT2D eigenvalue weighted by atomic mass is 32.2. The van der Waals surface area contributed by atoms with Crippen LogP contribution >= 0.6 is 0 Å².